The Labute approximate surface area is 63.1 Å². The molecule has 3 heteroatoms. The van der Waals surface area contributed by atoms with E-state index in [9.17, 15) is 4.48 Å². The molecule has 1 rings (SSSR count). The number of hydrogen-bond donors (Lipinski definition) is 1. The van der Waals surface area contributed by atoms with E-state index in [1.54, 1.807) is 5.54 Å². The average molecular weight is 196 g/mol. The predicted octanol–water partition coefficient (Wildman–Crippen LogP) is 2.17. The van der Waals surface area contributed by atoms with Gasteiger partial charge in [-0.2, -0.15) is 5.54 Å². The summed E-state index contributed by atoms with van der Waals surface area (Å²) < 4.78 is 11.8. The molecule has 1 fully saturated rings. The molecule has 0 radical (unpaired) electrons. The maximum absolute atomic E-state index is 11.8. The zero-order valence-electron chi connectivity index (χ0n) is 5.24. The molecule has 0 aromatic rings. The summed E-state index contributed by atoms with van der Waals surface area (Å²) in [5.41, 5.74) is 1.80. The highest BCUT2D eigenvalue weighted by atomic mass is 79.9. The number of rotatable bonds is 1. The summed E-state index contributed by atoms with van der Waals surface area (Å²) in [5.74, 6) is 0. The lowest BCUT2D eigenvalue weighted by molar-refractivity contribution is 0.230. The molecule has 54 valence electrons. The van der Waals surface area contributed by atoms with Gasteiger partial charge >= 0.3 is 0 Å². The Bertz CT molecular complexity index is 89.1. The fourth-order valence-corrected chi connectivity index (χ4v) is 2.00. The smallest absolute Gasteiger partial charge is 0.0382 e. The average Bonchev–Trinajstić information content (AvgIpc) is 1.88. The molecule has 1 N–H and O–H groups in total. The van der Waals surface area contributed by atoms with Crippen LogP contribution in [0.25, 0.3) is 0 Å². The molecule has 0 spiro atoms. The van der Waals surface area contributed by atoms with Gasteiger partial charge in [0, 0.05) is 10.9 Å². The van der Waals surface area contributed by atoms with Crippen LogP contribution in [0.3, 0.4) is 0 Å². The second-order valence-electron chi connectivity index (χ2n) is 2.57. The lowest BCUT2D eigenvalue weighted by Gasteiger charge is -2.22. The maximum atomic E-state index is 11.8. The minimum atomic E-state index is 0.100. The molecule has 0 bridgehead atoms. The molecule has 1 nitrogen and oxygen atoms in total. The minimum Gasteiger partial charge on any atom is -0.156 e. The Balaban J connectivity index is 2.23. The third-order valence-electron chi connectivity index (χ3n) is 1.76. The molecule has 0 saturated heterocycles. The highest BCUT2D eigenvalue weighted by Crippen LogP contribution is 2.23. The number of halogens is 2. The number of nitrogens with one attached hydrogen (secondary N) is 1. The summed E-state index contributed by atoms with van der Waals surface area (Å²) in [6.45, 7) is 0. The zero-order chi connectivity index (χ0) is 6.69. The molecule has 2 atom stereocenters. The van der Waals surface area contributed by atoms with Crippen LogP contribution in [0.2, 0.25) is 0 Å². The highest BCUT2D eigenvalue weighted by Gasteiger charge is 2.18. The Kier molecular flexibility index (Phi) is 2.92. The van der Waals surface area contributed by atoms with E-state index >= 15 is 0 Å². The van der Waals surface area contributed by atoms with E-state index in [-0.39, 0.29) is 6.04 Å². The van der Waals surface area contributed by atoms with Gasteiger partial charge in [0.15, 0.2) is 0 Å². The van der Waals surface area contributed by atoms with Crippen LogP contribution in [0.15, 0.2) is 0 Å². The van der Waals surface area contributed by atoms with Crippen LogP contribution >= 0.6 is 15.9 Å². The largest absolute Gasteiger partial charge is 0.156 e. The molecular weight excluding hydrogens is 185 g/mol. The van der Waals surface area contributed by atoms with Crippen molar-refractivity contribution in [2.45, 2.75) is 36.6 Å². The third kappa shape index (κ3) is 2.22. The van der Waals surface area contributed by atoms with Crippen molar-refractivity contribution in [1.29, 1.82) is 0 Å². The van der Waals surface area contributed by atoms with Crippen molar-refractivity contribution in [2.75, 3.05) is 0 Å². The van der Waals surface area contributed by atoms with Crippen molar-refractivity contribution in [3.63, 3.8) is 0 Å². The van der Waals surface area contributed by atoms with E-state index in [4.69, 9.17) is 0 Å². The quantitative estimate of drug-likeness (QED) is 0.500. The van der Waals surface area contributed by atoms with E-state index in [0.29, 0.717) is 4.83 Å². The molecular formula is C6H11BrFN. The Morgan fingerprint density at radius 3 is 2.67 bits per heavy atom. The van der Waals surface area contributed by atoms with Gasteiger partial charge in [-0.25, -0.2) is 0 Å². The van der Waals surface area contributed by atoms with Crippen molar-refractivity contribution >= 4 is 15.9 Å². The Morgan fingerprint density at radius 1 is 1.44 bits per heavy atom. The van der Waals surface area contributed by atoms with Crippen LogP contribution in [0.4, 0.5) is 4.48 Å². The topological polar surface area (TPSA) is 12.0 Å². The van der Waals surface area contributed by atoms with Crippen LogP contribution in [-0.4, -0.2) is 10.9 Å². The zero-order valence-corrected chi connectivity index (χ0v) is 6.83. The van der Waals surface area contributed by atoms with Gasteiger partial charge in [-0.05, 0) is 19.3 Å². The molecule has 1 aliphatic rings. The molecule has 9 heavy (non-hydrogen) atoms. The fourth-order valence-electron chi connectivity index (χ4n) is 1.23. The van der Waals surface area contributed by atoms with Crippen molar-refractivity contribution in [2.24, 2.45) is 0 Å². The van der Waals surface area contributed by atoms with Gasteiger partial charge in [-0.15, -0.1) is 4.48 Å². The summed E-state index contributed by atoms with van der Waals surface area (Å²) in [5, 5.41) is 0. The lowest BCUT2D eigenvalue weighted by atomic mass is 9.96. The first-order chi connectivity index (χ1) is 4.33. The first-order valence-corrected chi connectivity index (χ1v) is 4.24. The third-order valence-corrected chi connectivity index (χ3v) is 2.60. The highest BCUT2D eigenvalue weighted by molar-refractivity contribution is 9.09. The molecule has 2 unspecified atom stereocenters. The first-order valence-electron chi connectivity index (χ1n) is 3.33. The molecule has 1 aliphatic carbocycles. The van der Waals surface area contributed by atoms with Gasteiger partial charge in [-0.3, -0.25) is 0 Å². The molecule has 0 amide bonds. The van der Waals surface area contributed by atoms with Crippen LogP contribution in [0.1, 0.15) is 25.7 Å². The normalized spacial score (nSPS) is 36.7. The molecule has 0 aliphatic heterocycles. The monoisotopic (exact) mass is 195 g/mol. The van der Waals surface area contributed by atoms with Crippen LogP contribution in [0, 0.1) is 0 Å². The van der Waals surface area contributed by atoms with Crippen molar-refractivity contribution < 1.29 is 4.48 Å². The van der Waals surface area contributed by atoms with Crippen LogP contribution in [-0.2, 0) is 0 Å². The van der Waals surface area contributed by atoms with Crippen molar-refractivity contribution in [3.05, 3.63) is 0 Å². The Morgan fingerprint density at radius 2 is 2.22 bits per heavy atom. The molecule has 0 aromatic carbocycles. The van der Waals surface area contributed by atoms with Gasteiger partial charge in [0.05, 0.1) is 0 Å². The summed E-state index contributed by atoms with van der Waals surface area (Å²) >= 11 is 3.46. The van der Waals surface area contributed by atoms with E-state index in [2.05, 4.69) is 15.9 Å². The van der Waals surface area contributed by atoms with Gasteiger partial charge in [0.25, 0.3) is 0 Å². The number of alkyl halides is 1. The van der Waals surface area contributed by atoms with E-state index < -0.39 is 0 Å². The number of hydrogen-bond acceptors (Lipinski definition) is 1. The maximum Gasteiger partial charge on any atom is 0.0382 e. The summed E-state index contributed by atoms with van der Waals surface area (Å²) in [6, 6.07) is 0.100. The molecule has 0 aromatic heterocycles. The van der Waals surface area contributed by atoms with E-state index in [0.717, 1.165) is 19.3 Å². The van der Waals surface area contributed by atoms with E-state index in [1.807, 2.05) is 0 Å². The van der Waals surface area contributed by atoms with Crippen LogP contribution < -0.4 is 5.54 Å². The standard InChI is InChI=1S/C6H11BrFN/c7-5-2-1-3-6(4-5)9-8/h5-6,9H,1-4H2. The Hall–Kier alpha value is 0.370. The summed E-state index contributed by atoms with van der Waals surface area (Å²) in [6.07, 6.45) is 4.24. The lowest BCUT2D eigenvalue weighted by Crippen LogP contribution is -2.28. The molecule has 0 heterocycles. The van der Waals surface area contributed by atoms with Gasteiger partial charge < -0.3 is 0 Å². The van der Waals surface area contributed by atoms with Crippen molar-refractivity contribution in [3.8, 4) is 0 Å². The summed E-state index contributed by atoms with van der Waals surface area (Å²) in [7, 11) is 0. The van der Waals surface area contributed by atoms with Crippen LogP contribution in [0.5, 0.6) is 0 Å². The van der Waals surface area contributed by atoms with Gasteiger partial charge in [0.2, 0.25) is 0 Å². The predicted molar refractivity (Wildman–Crippen MR) is 39.2 cm³/mol. The first kappa shape index (κ1) is 7.48. The fraction of sp³-hybridized carbons (Fsp3) is 1.00. The van der Waals surface area contributed by atoms with Gasteiger partial charge in [-0.1, -0.05) is 22.4 Å². The molecule has 1 saturated carbocycles. The summed E-state index contributed by atoms with van der Waals surface area (Å²) in [4.78, 5) is 0.527. The van der Waals surface area contributed by atoms with Crippen molar-refractivity contribution in [1.82, 2.24) is 5.54 Å². The SMILES string of the molecule is FNC1CCCC(Br)C1. The minimum absolute atomic E-state index is 0.100. The van der Waals surface area contributed by atoms with E-state index in [1.165, 1.54) is 6.42 Å². The van der Waals surface area contributed by atoms with Gasteiger partial charge in [0.1, 0.15) is 0 Å². The second-order valence-corrected chi connectivity index (χ2v) is 3.86. The second kappa shape index (κ2) is 3.52.